The SMILES string of the molecule is CCCOC1C(Cl)CC1OCc1ccc(OC)cc1. The number of alkyl halides is 1. The monoisotopic (exact) mass is 284 g/mol. The van der Waals surface area contributed by atoms with Crippen molar-refractivity contribution in [2.75, 3.05) is 13.7 Å². The Bertz CT molecular complexity index is 379. The minimum atomic E-state index is 0.0415. The van der Waals surface area contributed by atoms with Gasteiger partial charge in [-0.25, -0.2) is 0 Å². The van der Waals surface area contributed by atoms with Crippen molar-refractivity contribution in [3.05, 3.63) is 29.8 Å². The molecule has 3 unspecified atom stereocenters. The largest absolute Gasteiger partial charge is 0.497 e. The van der Waals surface area contributed by atoms with Crippen LogP contribution < -0.4 is 4.74 Å². The molecule has 0 N–H and O–H groups in total. The smallest absolute Gasteiger partial charge is 0.118 e. The molecule has 0 bridgehead atoms. The molecule has 3 atom stereocenters. The maximum absolute atomic E-state index is 6.15. The van der Waals surface area contributed by atoms with E-state index in [-0.39, 0.29) is 17.6 Å². The zero-order valence-corrected chi connectivity index (χ0v) is 12.2. The summed E-state index contributed by atoms with van der Waals surface area (Å²) in [6.45, 7) is 3.43. The van der Waals surface area contributed by atoms with E-state index in [0.717, 1.165) is 30.8 Å². The number of halogens is 1. The fourth-order valence-corrected chi connectivity index (χ4v) is 2.49. The van der Waals surface area contributed by atoms with Crippen LogP contribution in [0.1, 0.15) is 25.3 Å². The minimum Gasteiger partial charge on any atom is -0.497 e. The van der Waals surface area contributed by atoms with Crippen molar-refractivity contribution in [2.45, 2.75) is 44.0 Å². The van der Waals surface area contributed by atoms with Gasteiger partial charge in [-0.1, -0.05) is 19.1 Å². The summed E-state index contributed by atoms with van der Waals surface area (Å²) >= 11 is 6.15. The average molecular weight is 285 g/mol. The number of methoxy groups -OCH3 is 1. The first kappa shape index (κ1) is 14.6. The molecule has 0 amide bonds. The van der Waals surface area contributed by atoms with E-state index in [1.54, 1.807) is 7.11 Å². The van der Waals surface area contributed by atoms with E-state index >= 15 is 0 Å². The van der Waals surface area contributed by atoms with Gasteiger partial charge in [0.05, 0.1) is 25.2 Å². The topological polar surface area (TPSA) is 27.7 Å². The molecular weight excluding hydrogens is 264 g/mol. The Morgan fingerprint density at radius 3 is 2.53 bits per heavy atom. The van der Waals surface area contributed by atoms with E-state index in [2.05, 4.69) is 6.92 Å². The summed E-state index contributed by atoms with van der Waals surface area (Å²) in [7, 11) is 1.66. The van der Waals surface area contributed by atoms with Gasteiger partial charge in [-0.05, 0) is 30.5 Å². The van der Waals surface area contributed by atoms with Gasteiger partial charge in [-0.15, -0.1) is 11.6 Å². The fourth-order valence-electron chi connectivity index (χ4n) is 2.08. The van der Waals surface area contributed by atoms with Gasteiger partial charge in [0, 0.05) is 6.61 Å². The van der Waals surface area contributed by atoms with Gasteiger partial charge in [0.15, 0.2) is 0 Å². The lowest BCUT2D eigenvalue weighted by Gasteiger charge is -2.40. The molecule has 0 aromatic heterocycles. The Balaban J connectivity index is 1.78. The van der Waals surface area contributed by atoms with Gasteiger partial charge < -0.3 is 14.2 Å². The summed E-state index contributed by atoms with van der Waals surface area (Å²) in [5, 5.41) is 0.0902. The number of ether oxygens (including phenoxy) is 3. The molecular formula is C15H21ClO3. The van der Waals surface area contributed by atoms with E-state index in [0.29, 0.717) is 6.61 Å². The van der Waals surface area contributed by atoms with Crippen molar-refractivity contribution >= 4 is 11.6 Å². The molecule has 4 heteroatoms. The lowest BCUT2D eigenvalue weighted by molar-refractivity contribution is -0.129. The van der Waals surface area contributed by atoms with Crippen LogP contribution in [-0.4, -0.2) is 31.3 Å². The summed E-state index contributed by atoms with van der Waals surface area (Å²) < 4.78 is 16.7. The molecule has 1 fully saturated rings. The number of rotatable bonds is 7. The Hall–Kier alpha value is -0.770. The summed E-state index contributed by atoms with van der Waals surface area (Å²) in [5.74, 6) is 0.859. The van der Waals surface area contributed by atoms with Crippen LogP contribution in [0.4, 0.5) is 0 Å². The first-order valence-electron chi connectivity index (χ1n) is 6.74. The van der Waals surface area contributed by atoms with Crippen molar-refractivity contribution in [1.29, 1.82) is 0 Å². The van der Waals surface area contributed by atoms with Crippen LogP contribution in [0.2, 0.25) is 0 Å². The third-order valence-corrected chi connectivity index (χ3v) is 3.74. The Morgan fingerprint density at radius 2 is 1.95 bits per heavy atom. The van der Waals surface area contributed by atoms with E-state index < -0.39 is 0 Å². The minimum absolute atomic E-state index is 0.0415. The molecule has 0 radical (unpaired) electrons. The molecule has 1 aliphatic carbocycles. The number of hydrogen-bond donors (Lipinski definition) is 0. The zero-order valence-electron chi connectivity index (χ0n) is 11.5. The standard InChI is InChI=1S/C15H21ClO3/c1-3-8-18-15-13(16)9-14(15)19-10-11-4-6-12(17-2)7-5-11/h4-7,13-15H,3,8-10H2,1-2H3. The van der Waals surface area contributed by atoms with E-state index in [4.69, 9.17) is 25.8 Å². The van der Waals surface area contributed by atoms with Gasteiger partial charge in [0.25, 0.3) is 0 Å². The van der Waals surface area contributed by atoms with Crippen LogP contribution in [0.25, 0.3) is 0 Å². The Kier molecular flexibility index (Phi) is 5.49. The second-order valence-corrected chi connectivity index (χ2v) is 5.35. The van der Waals surface area contributed by atoms with Gasteiger partial charge in [-0.3, -0.25) is 0 Å². The maximum Gasteiger partial charge on any atom is 0.118 e. The average Bonchev–Trinajstić information content (AvgIpc) is 2.44. The van der Waals surface area contributed by atoms with Crippen molar-refractivity contribution in [3.63, 3.8) is 0 Å². The predicted octanol–water partition coefficient (Wildman–Crippen LogP) is 3.39. The quantitative estimate of drug-likeness (QED) is 0.719. The van der Waals surface area contributed by atoms with Gasteiger partial charge in [0.2, 0.25) is 0 Å². The highest BCUT2D eigenvalue weighted by molar-refractivity contribution is 6.21. The van der Waals surface area contributed by atoms with E-state index in [1.165, 1.54) is 0 Å². The van der Waals surface area contributed by atoms with Crippen molar-refractivity contribution in [2.24, 2.45) is 0 Å². The summed E-state index contributed by atoms with van der Waals surface area (Å²) in [5.41, 5.74) is 1.13. The lowest BCUT2D eigenvalue weighted by Crippen LogP contribution is -2.51. The molecule has 19 heavy (non-hydrogen) atoms. The van der Waals surface area contributed by atoms with Crippen molar-refractivity contribution in [3.8, 4) is 5.75 Å². The van der Waals surface area contributed by atoms with Crippen molar-refractivity contribution in [1.82, 2.24) is 0 Å². The molecule has 1 aromatic rings. The normalized spacial score (nSPS) is 25.9. The second kappa shape index (κ2) is 7.13. The summed E-state index contributed by atoms with van der Waals surface area (Å²) in [6.07, 6.45) is 2.04. The maximum atomic E-state index is 6.15. The van der Waals surface area contributed by atoms with Gasteiger partial charge >= 0.3 is 0 Å². The second-order valence-electron chi connectivity index (χ2n) is 4.78. The molecule has 1 saturated carbocycles. The summed E-state index contributed by atoms with van der Waals surface area (Å²) in [6, 6.07) is 7.90. The molecule has 0 spiro atoms. The van der Waals surface area contributed by atoms with Crippen LogP contribution in [0.5, 0.6) is 5.75 Å². The van der Waals surface area contributed by atoms with Crippen LogP contribution in [0.15, 0.2) is 24.3 Å². The van der Waals surface area contributed by atoms with Crippen LogP contribution in [0.3, 0.4) is 0 Å². The molecule has 3 nitrogen and oxygen atoms in total. The highest BCUT2D eigenvalue weighted by Crippen LogP contribution is 2.32. The lowest BCUT2D eigenvalue weighted by atomic mass is 9.91. The van der Waals surface area contributed by atoms with E-state index in [9.17, 15) is 0 Å². The molecule has 0 aliphatic heterocycles. The van der Waals surface area contributed by atoms with Crippen LogP contribution in [-0.2, 0) is 16.1 Å². The number of benzene rings is 1. The van der Waals surface area contributed by atoms with E-state index in [1.807, 2.05) is 24.3 Å². The van der Waals surface area contributed by atoms with Crippen LogP contribution >= 0.6 is 11.6 Å². The third-order valence-electron chi connectivity index (χ3n) is 3.32. The summed E-state index contributed by atoms with van der Waals surface area (Å²) in [4.78, 5) is 0. The first-order chi connectivity index (χ1) is 9.24. The Labute approximate surface area is 119 Å². The molecule has 106 valence electrons. The van der Waals surface area contributed by atoms with Gasteiger partial charge in [0.1, 0.15) is 11.9 Å². The third kappa shape index (κ3) is 3.85. The zero-order chi connectivity index (χ0) is 13.7. The van der Waals surface area contributed by atoms with Crippen LogP contribution in [0, 0.1) is 0 Å². The molecule has 1 aliphatic rings. The fraction of sp³-hybridized carbons (Fsp3) is 0.600. The predicted molar refractivity (Wildman–Crippen MR) is 75.9 cm³/mol. The highest BCUT2D eigenvalue weighted by atomic mass is 35.5. The molecule has 2 rings (SSSR count). The molecule has 1 aromatic carbocycles. The number of hydrogen-bond acceptors (Lipinski definition) is 3. The molecule has 0 heterocycles. The first-order valence-corrected chi connectivity index (χ1v) is 7.18. The van der Waals surface area contributed by atoms with Gasteiger partial charge in [-0.2, -0.15) is 0 Å². The highest BCUT2D eigenvalue weighted by Gasteiger charge is 2.41. The Morgan fingerprint density at radius 1 is 1.21 bits per heavy atom. The molecule has 0 saturated heterocycles. The van der Waals surface area contributed by atoms with Crippen molar-refractivity contribution < 1.29 is 14.2 Å².